The van der Waals surface area contributed by atoms with Crippen molar-refractivity contribution in [1.29, 1.82) is 0 Å². The third kappa shape index (κ3) is 5.25. The maximum absolute atomic E-state index is 12.2. The highest BCUT2D eigenvalue weighted by Gasteiger charge is 2.21. The summed E-state index contributed by atoms with van der Waals surface area (Å²) in [5, 5.41) is 9.63. The van der Waals surface area contributed by atoms with Crippen LogP contribution in [0.2, 0.25) is 5.02 Å². The lowest BCUT2D eigenvalue weighted by Crippen LogP contribution is -2.50. The summed E-state index contributed by atoms with van der Waals surface area (Å²) in [5.74, 6) is 0.137. The summed E-state index contributed by atoms with van der Waals surface area (Å²) in [5.41, 5.74) is 1.20. The van der Waals surface area contributed by atoms with Gasteiger partial charge < -0.3 is 10.0 Å². The van der Waals surface area contributed by atoms with E-state index in [4.69, 9.17) is 16.7 Å². The molecule has 2 rings (SSSR count). The molecule has 0 bridgehead atoms. The number of nitrogens with zero attached hydrogens (tertiary/aromatic N) is 3. The van der Waals surface area contributed by atoms with E-state index in [0.29, 0.717) is 13.1 Å². The van der Waals surface area contributed by atoms with E-state index in [1.807, 2.05) is 35.0 Å². The molecule has 1 aliphatic heterocycles. The maximum Gasteiger partial charge on any atom is 0.236 e. The number of hydrogen-bond acceptors (Lipinski definition) is 4. The standard InChI is InChI=1S/C16H24ClN3O2/c1-18(9-10-21)13-16(22)20-7-5-19(6-8-20)12-14-3-2-4-15(17)11-14/h2-4,11,21H,5-10,12-13H2,1H3. The molecule has 5 nitrogen and oxygen atoms in total. The van der Waals surface area contributed by atoms with E-state index in [1.54, 1.807) is 0 Å². The number of carbonyl (C=O) groups is 1. The highest BCUT2D eigenvalue weighted by Crippen LogP contribution is 2.14. The Kier molecular flexibility index (Phi) is 6.64. The Morgan fingerprint density at radius 2 is 2.05 bits per heavy atom. The lowest BCUT2D eigenvalue weighted by molar-refractivity contribution is -0.134. The molecule has 22 heavy (non-hydrogen) atoms. The zero-order valence-corrected chi connectivity index (χ0v) is 13.8. The van der Waals surface area contributed by atoms with Gasteiger partial charge in [0.1, 0.15) is 0 Å². The summed E-state index contributed by atoms with van der Waals surface area (Å²) in [6.07, 6.45) is 0. The van der Waals surface area contributed by atoms with Gasteiger partial charge in [0.15, 0.2) is 0 Å². The molecule has 0 unspecified atom stereocenters. The molecule has 1 heterocycles. The van der Waals surface area contributed by atoms with Gasteiger partial charge in [0.05, 0.1) is 13.2 Å². The van der Waals surface area contributed by atoms with Gasteiger partial charge in [-0.1, -0.05) is 23.7 Å². The van der Waals surface area contributed by atoms with Gasteiger partial charge in [0.2, 0.25) is 5.91 Å². The quantitative estimate of drug-likeness (QED) is 0.844. The second-order valence-electron chi connectivity index (χ2n) is 5.75. The van der Waals surface area contributed by atoms with Crippen LogP contribution in [0.3, 0.4) is 0 Å². The highest BCUT2D eigenvalue weighted by atomic mass is 35.5. The Morgan fingerprint density at radius 3 is 2.68 bits per heavy atom. The second-order valence-corrected chi connectivity index (χ2v) is 6.18. The number of aliphatic hydroxyl groups is 1. The Balaban J connectivity index is 1.76. The fourth-order valence-electron chi connectivity index (χ4n) is 2.63. The van der Waals surface area contributed by atoms with Crippen LogP contribution in [0.15, 0.2) is 24.3 Å². The zero-order chi connectivity index (χ0) is 15.9. The van der Waals surface area contributed by atoms with Crippen molar-refractivity contribution in [1.82, 2.24) is 14.7 Å². The van der Waals surface area contributed by atoms with Gasteiger partial charge in [-0.2, -0.15) is 0 Å². The molecule has 1 fully saturated rings. The summed E-state index contributed by atoms with van der Waals surface area (Å²) in [7, 11) is 1.85. The Morgan fingerprint density at radius 1 is 1.32 bits per heavy atom. The number of piperazine rings is 1. The van der Waals surface area contributed by atoms with Gasteiger partial charge in [-0.05, 0) is 24.7 Å². The highest BCUT2D eigenvalue weighted by molar-refractivity contribution is 6.30. The Labute approximate surface area is 137 Å². The molecule has 1 aromatic carbocycles. The van der Waals surface area contributed by atoms with Gasteiger partial charge >= 0.3 is 0 Å². The first-order valence-corrected chi connectivity index (χ1v) is 8.00. The van der Waals surface area contributed by atoms with Gasteiger partial charge in [-0.15, -0.1) is 0 Å². The number of rotatable bonds is 6. The molecule has 0 atom stereocenters. The van der Waals surface area contributed by atoms with Crippen molar-refractivity contribution in [2.75, 3.05) is 52.9 Å². The lowest BCUT2D eigenvalue weighted by Gasteiger charge is -2.35. The van der Waals surface area contributed by atoms with Gasteiger partial charge in [0.25, 0.3) is 0 Å². The summed E-state index contributed by atoms with van der Waals surface area (Å²) in [6.45, 7) is 5.11. The van der Waals surface area contributed by atoms with Crippen molar-refractivity contribution in [3.8, 4) is 0 Å². The van der Waals surface area contributed by atoms with Gasteiger partial charge in [-0.3, -0.25) is 14.6 Å². The SMILES string of the molecule is CN(CCO)CC(=O)N1CCN(Cc2cccc(Cl)c2)CC1. The topological polar surface area (TPSA) is 47.0 Å². The molecule has 122 valence electrons. The Bertz CT molecular complexity index is 490. The minimum Gasteiger partial charge on any atom is -0.395 e. The average molecular weight is 326 g/mol. The maximum atomic E-state index is 12.2. The molecule has 0 radical (unpaired) electrons. The van der Waals surface area contributed by atoms with Crippen LogP contribution in [0.5, 0.6) is 0 Å². The predicted molar refractivity (Wildman–Crippen MR) is 87.9 cm³/mol. The monoisotopic (exact) mass is 325 g/mol. The zero-order valence-electron chi connectivity index (χ0n) is 13.0. The van der Waals surface area contributed by atoms with Crippen molar-refractivity contribution < 1.29 is 9.90 Å². The van der Waals surface area contributed by atoms with E-state index in [9.17, 15) is 4.79 Å². The minimum absolute atomic E-state index is 0.0805. The minimum atomic E-state index is 0.0805. The predicted octanol–water partition coefficient (Wildman–Crippen LogP) is 0.908. The first-order valence-electron chi connectivity index (χ1n) is 7.62. The molecular formula is C16H24ClN3O2. The van der Waals surface area contributed by atoms with Crippen molar-refractivity contribution in [2.24, 2.45) is 0 Å². The van der Waals surface area contributed by atoms with E-state index >= 15 is 0 Å². The fourth-order valence-corrected chi connectivity index (χ4v) is 2.84. The molecule has 6 heteroatoms. The Hall–Kier alpha value is -1.14. The number of likely N-dealkylation sites (N-methyl/N-ethyl adjacent to an activating group) is 1. The van der Waals surface area contributed by atoms with Crippen LogP contribution in [0.4, 0.5) is 0 Å². The van der Waals surface area contributed by atoms with Crippen LogP contribution in [0.1, 0.15) is 5.56 Å². The molecule has 0 saturated carbocycles. The first kappa shape index (κ1) is 17.2. The van der Waals surface area contributed by atoms with Crippen LogP contribution < -0.4 is 0 Å². The van der Waals surface area contributed by atoms with Crippen molar-refractivity contribution in [3.05, 3.63) is 34.9 Å². The third-order valence-electron chi connectivity index (χ3n) is 3.91. The van der Waals surface area contributed by atoms with E-state index < -0.39 is 0 Å². The molecule has 0 spiro atoms. The molecule has 1 aliphatic rings. The van der Waals surface area contributed by atoms with Gasteiger partial charge in [0, 0.05) is 44.3 Å². The van der Waals surface area contributed by atoms with Crippen LogP contribution in [-0.2, 0) is 11.3 Å². The number of hydrogen-bond donors (Lipinski definition) is 1. The van der Waals surface area contributed by atoms with Crippen LogP contribution in [-0.4, -0.2) is 78.6 Å². The summed E-state index contributed by atoms with van der Waals surface area (Å²) in [6, 6.07) is 7.91. The molecule has 1 amide bonds. The average Bonchev–Trinajstić information content (AvgIpc) is 2.48. The second kappa shape index (κ2) is 8.48. The van der Waals surface area contributed by atoms with Crippen molar-refractivity contribution >= 4 is 17.5 Å². The molecule has 1 aromatic rings. The van der Waals surface area contributed by atoms with E-state index in [2.05, 4.69) is 11.0 Å². The number of amides is 1. The van der Waals surface area contributed by atoms with E-state index in [-0.39, 0.29) is 12.5 Å². The molecule has 1 saturated heterocycles. The number of benzene rings is 1. The van der Waals surface area contributed by atoms with Crippen LogP contribution in [0.25, 0.3) is 0 Å². The van der Waals surface area contributed by atoms with E-state index in [0.717, 1.165) is 37.7 Å². The summed E-state index contributed by atoms with van der Waals surface area (Å²) < 4.78 is 0. The molecule has 0 aliphatic carbocycles. The van der Waals surface area contributed by atoms with Crippen molar-refractivity contribution in [3.63, 3.8) is 0 Å². The first-order chi connectivity index (χ1) is 10.6. The molecule has 1 N–H and O–H groups in total. The van der Waals surface area contributed by atoms with Crippen LogP contribution >= 0.6 is 11.6 Å². The fraction of sp³-hybridized carbons (Fsp3) is 0.562. The van der Waals surface area contributed by atoms with E-state index in [1.165, 1.54) is 5.56 Å². The number of aliphatic hydroxyl groups excluding tert-OH is 1. The largest absolute Gasteiger partial charge is 0.395 e. The smallest absolute Gasteiger partial charge is 0.236 e. The number of halogens is 1. The lowest BCUT2D eigenvalue weighted by atomic mass is 10.2. The molecular weight excluding hydrogens is 302 g/mol. The van der Waals surface area contributed by atoms with Crippen LogP contribution in [0, 0.1) is 0 Å². The number of carbonyl (C=O) groups excluding carboxylic acids is 1. The molecule has 0 aromatic heterocycles. The summed E-state index contributed by atoms with van der Waals surface area (Å²) >= 11 is 6.01. The van der Waals surface area contributed by atoms with Crippen molar-refractivity contribution in [2.45, 2.75) is 6.54 Å². The summed E-state index contributed by atoms with van der Waals surface area (Å²) in [4.78, 5) is 18.3. The normalized spacial score (nSPS) is 16.3. The van der Waals surface area contributed by atoms with Gasteiger partial charge in [-0.25, -0.2) is 0 Å². The third-order valence-corrected chi connectivity index (χ3v) is 4.14.